The highest BCUT2D eigenvalue weighted by Gasteiger charge is 2.24. The van der Waals surface area contributed by atoms with E-state index in [-0.39, 0.29) is 0 Å². The summed E-state index contributed by atoms with van der Waals surface area (Å²) in [6.07, 6.45) is 9.63. The van der Waals surface area contributed by atoms with Crippen LogP contribution in [0.3, 0.4) is 0 Å². The quantitative estimate of drug-likeness (QED) is 0.800. The molecular weight excluding hydrogens is 234 g/mol. The Hall–Kier alpha value is -0.120. The Labute approximate surface area is 119 Å². The highest BCUT2D eigenvalue weighted by molar-refractivity contribution is 4.82. The summed E-state index contributed by atoms with van der Waals surface area (Å²) in [4.78, 5) is 2.45. The van der Waals surface area contributed by atoms with Crippen LogP contribution in [0.4, 0.5) is 0 Å². The molecule has 0 amide bonds. The molecule has 3 atom stereocenters. The average Bonchev–Trinajstić information content (AvgIpc) is 2.41. The summed E-state index contributed by atoms with van der Waals surface area (Å²) in [6.45, 7) is 4.91. The average molecular weight is 267 g/mol. The second-order valence-corrected chi connectivity index (χ2v) is 6.90. The molecule has 0 aromatic rings. The van der Waals surface area contributed by atoms with Crippen molar-refractivity contribution in [1.29, 1.82) is 0 Å². The molecule has 1 aliphatic heterocycles. The van der Waals surface area contributed by atoms with Gasteiger partial charge in [-0.15, -0.1) is 0 Å². The molecule has 2 rings (SSSR count). The fourth-order valence-corrected chi connectivity index (χ4v) is 3.91. The van der Waals surface area contributed by atoms with Gasteiger partial charge in [-0.3, -0.25) is 0 Å². The van der Waals surface area contributed by atoms with E-state index < -0.39 is 0 Å². The van der Waals surface area contributed by atoms with Crippen molar-refractivity contribution >= 4 is 0 Å². The van der Waals surface area contributed by atoms with E-state index in [1.54, 1.807) is 0 Å². The molecule has 3 nitrogen and oxygen atoms in total. The first-order chi connectivity index (χ1) is 9.17. The Balaban J connectivity index is 1.67. The lowest BCUT2D eigenvalue weighted by atomic mass is 9.82. The van der Waals surface area contributed by atoms with Gasteiger partial charge in [0.25, 0.3) is 0 Å². The van der Waals surface area contributed by atoms with Crippen molar-refractivity contribution < 1.29 is 0 Å². The fourth-order valence-electron chi connectivity index (χ4n) is 3.91. The molecular formula is C16H33N3. The maximum atomic E-state index is 3.87. The first kappa shape index (κ1) is 15.3. The van der Waals surface area contributed by atoms with E-state index in [2.05, 4.69) is 36.6 Å². The Kier molecular flexibility index (Phi) is 6.11. The second-order valence-electron chi connectivity index (χ2n) is 6.90. The molecule has 2 aliphatic rings. The zero-order valence-electron chi connectivity index (χ0n) is 13.1. The van der Waals surface area contributed by atoms with Gasteiger partial charge in [-0.2, -0.15) is 0 Å². The van der Waals surface area contributed by atoms with Gasteiger partial charge >= 0.3 is 0 Å². The number of rotatable bonds is 5. The molecule has 1 saturated carbocycles. The van der Waals surface area contributed by atoms with Crippen LogP contribution in [0.1, 0.15) is 51.9 Å². The number of hydrogen-bond donors (Lipinski definition) is 2. The number of likely N-dealkylation sites (tertiary alicyclic amines) is 1. The van der Waals surface area contributed by atoms with Gasteiger partial charge < -0.3 is 15.5 Å². The Morgan fingerprint density at radius 3 is 2.53 bits per heavy atom. The molecule has 2 fully saturated rings. The minimum absolute atomic E-state index is 0.689. The van der Waals surface area contributed by atoms with Gasteiger partial charge in [0.1, 0.15) is 0 Å². The van der Waals surface area contributed by atoms with E-state index in [4.69, 9.17) is 0 Å². The van der Waals surface area contributed by atoms with Gasteiger partial charge in [0.15, 0.2) is 0 Å². The van der Waals surface area contributed by atoms with Gasteiger partial charge in [-0.1, -0.05) is 12.8 Å². The van der Waals surface area contributed by atoms with Gasteiger partial charge in [0.05, 0.1) is 0 Å². The molecule has 2 N–H and O–H groups in total. The molecule has 0 radical (unpaired) electrons. The first-order valence-electron chi connectivity index (χ1n) is 8.29. The van der Waals surface area contributed by atoms with Crippen molar-refractivity contribution in [3.63, 3.8) is 0 Å². The molecule has 1 aliphatic carbocycles. The summed E-state index contributed by atoms with van der Waals surface area (Å²) in [5.74, 6) is 0.931. The molecule has 0 spiro atoms. The van der Waals surface area contributed by atoms with Crippen LogP contribution in [0.5, 0.6) is 0 Å². The second kappa shape index (κ2) is 7.61. The van der Waals surface area contributed by atoms with E-state index in [0.717, 1.165) is 18.0 Å². The van der Waals surface area contributed by atoms with Crippen LogP contribution < -0.4 is 10.6 Å². The van der Waals surface area contributed by atoms with Crippen molar-refractivity contribution in [2.75, 3.05) is 27.2 Å². The third kappa shape index (κ3) is 5.05. The van der Waals surface area contributed by atoms with E-state index in [1.165, 1.54) is 58.0 Å². The van der Waals surface area contributed by atoms with Crippen LogP contribution in [0.25, 0.3) is 0 Å². The Morgan fingerprint density at radius 1 is 1.11 bits per heavy atom. The van der Waals surface area contributed by atoms with Gasteiger partial charge in [-0.25, -0.2) is 0 Å². The minimum atomic E-state index is 0.689. The summed E-state index contributed by atoms with van der Waals surface area (Å²) >= 11 is 0. The SMILES string of the molecule is CNC1CCCC(CC(C)NC2CCN(C)CC2)C1. The number of nitrogens with zero attached hydrogens (tertiary/aromatic N) is 1. The molecule has 3 heteroatoms. The summed E-state index contributed by atoms with van der Waals surface area (Å²) in [7, 11) is 4.35. The lowest BCUT2D eigenvalue weighted by Crippen LogP contribution is -2.45. The van der Waals surface area contributed by atoms with Crippen molar-refractivity contribution in [3.05, 3.63) is 0 Å². The molecule has 0 aromatic carbocycles. The first-order valence-corrected chi connectivity index (χ1v) is 8.29. The van der Waals surface area contributed by atoms with Crippen molar-refractivity contribution in [3.8, 4) is 0 Å². The van der Waals surface area contributed by atoms with Crippen LogP contribution in [0, 0.1) is 5.92 Å². The number of nitrogens with one attached hydrogen (secondary N) is 2. The van der Waals surface area contributed by atoms with Gasteiger partial charge in [-0.05, 0) is 72.1 Å². The van der Waals surface area contributed by atoms with Crippen LogP contribution in [0.2, 0.25) is 0 Å². The van der Waals surface area contributed by atoms with Gasteiger partial charge in [0.2, 0.25) is 0 Å². The van der Waals surface area contributed by atoms with E-state index >= 15 is 0 Å². The van der Waals surface area contributed by atoms with Crippen LogP contribution in [0.15, 0.2) is 0 Å². The van der Waals surface area contributed by atoms with E-state index in [0.29, 0.717) is 6.04 Å². The standard InChI is InChI=1S/C16H33N3/c1-13(18-15-7-9-19(3)10-8-15)11-14-5-4-6-16(12-14)17-2/h13-18H,4-12H2,1-3H3. The molecule has 1 heterocycles. The molecule has 0 aromatic heterocycles. The zero-order valence-corrected chi connectivity index (χ0v) is 13.1. The lowest BCUT2D eigenvalue weighted by molar-refractivity contribution is 0.209. The van der Waals surface area contributed by atoms with Crippen molar-refractivity contribution in [2.45, 2.75) is 70.0 Å². The molecule has 112 valence electrons. The smallest absolute Gasteiger partial charge is 0.00938 e. The number of hydrogen-bond acceptors (Lipinski definition) is 3. The van der Waals surface area contributed by atoms with Crippen LogP contribution in [-0.2, 0) is 0 Å². The largest absolute Gasteiger partial charge is 0.317 e. The van der Waals surface area contributed by atoms with E-state index in [1.807, 2.05) is 0 Å². The third-order valence-corrected chi connectivity index (χ3v) is 5.12. The number of piperidine rings is 1. The predicted molar refractivity (Wildman–Crippen MR) is 82.5 cm³/mol. The van der Waals surface area contributed by atoms with Crippen molar-refractivity contribution in [2.24, 2.45) is 5.92 Å². The van der Waals surface area contributed by atoms with Gasteiger partial charge in [0, 0.05) is 18.1 Å². The monoisotopic (exact) mass is 267 g/mol. The fraction of sp³-hybridized carbons (Fsp3) is 1.00. The predicted octanol–water partition coefficient (Wildman–Crippen LogP) is 2.23. The Morgan fingerprint density at radius 2 is 1.84 bits per heavy atom. The van der Waals surface area contributed by atoms with Crippen LogP contribution >= 0.6 is 0 Å². The lowest BCUT2D eigenvalue weighted by Gasteiger charge is -2.34. The maximum Gasteiger partial charge on any atom is 0.00938 e. The summed E-state index contributed by atoms with van der Waals surface area (Å²) in [5.41, 5.74) is 0. The van der Waals surface area contributed by atoms with Crippen LogP contribution in [-0.4, -0.2) is 50.2 Å². The summed E-state index contributed by atoms with van der Waals surface area (Å²) in [6, 6.07) is 2.22. The topological polar surface area (TPSA) is 27.3 Å². The summed E-state index contributed by atoms with van der Waals surface area (Å²) < 4.78 is 0. The molecule has 1 saturated heterocycles. The normalized spacial score (nSPS) is 32.4. The zero-order chi connectivity index (χ0) is 13.7. The molecule has 19 heavy (non-hydrogen) atoms. The summed E-state index contributed by atoms with van der Waals surface area (Å²) in [5, 5.41) is 7.34. The Bertz CT molecular complexity index is 248. The molecule has 0 bridgehead atoms. The highest BCUT2D eigenvalue weighted by Crippen LogP contribution is 2.28. The molecule has 3 unspecified atom stereocenters. The van der Waals surface area contributed by atoms with E-state index in [9.17, 15) is 0 Å². The highest BCUT2D eigenvalue weighted by atomic mass is 15.1. The minimum Gasteiger partial charge on any atom is -0.317 e. The maximum absolute atomic E-state index is 3.87. The van der Waals surface area contributed by atoms with Crippen molar-refractivity contribution in [1.82, 2.24) is 15.5 Å². The third-order valence-electron chi connectivity index (χ3n) is 5.12.